The van der Waals surface area contributed by atoms with Crippen molar-refractivity contribution >= 4 is 45.7 Å². The van der Waals surface area contributed by atoms with Crippen LogP contribution in [0, 0.1) is 0 Å². The summed E-state index contributed by atoms with van der Waals surface area (Å²) in [5, 5.41) is 12.6. The molecular formula is C27H27NSi. The van der Waals surface area contributed by atoms with E-state index in [1.165, 1.54) is 68.9 Å². The summed E-state index contributed by atoms with van der Waals surface area (Å²) in [5.74, 6) is 0. The number of benzene rings is 4. The number of rotatable bonds is 2. The molecule has 4 aromatic carbocycles. The molecule has 29 heavy (non-hydrogen) atoms. The molecule has 0 unspecified atom stereocenters. The number of hydrogen-bond donors (Lipinski definition) is 1. The van der Waals surface area contributed by atoms with Crippen LogP contribution in [-0.4, -0.2) is 15.1 Å². The number of nitrogens with one attached hydrogen (secondary N) is 1. The fourth-order valence-corrected chi connectivity index (χ4v) is 12.0. The third kappa shape index (κ3) is 2.16. The Balaban J connectivity index is 1.80. The van der Waals surface area contributed by atoms with Gasteiger partial charge in [-0.05, 0) is 62.4 Å². The van der Waals surface area contributed by atoms with Crippen LogP contribution in [-0.2, 0) is 6.42 Å². The van der Waals surface area contributed by atoms with Crippen LogP contribution in [0.5, 0.6) is 0 Å². The predicted octanol–water partition coefficient (Wildman–Crippen LogP) is 5.93. The Kier molecular flexibility index (Phi) is 3.70. The third-order valence-corrected chi connectivity index (χ3v) is 12.9. The molecule has 0 amide bonds. The Bertz CT molecular complexity index is 1280. The Labute approximate surface area is 173 Å². The van der Waals surface area contributed by atoms with E-state index in [0.717, 1.165) is 6.42 Å². The highest BCUT2D eigenvalue weighted by Crippen LogP contribution is 2.43. The van der Waals surface area contributed by atoms with E-state index in [4.69, 9.17) is 0 Å². The minimum Gasteiger partial charge on any atom is -0.387 e. The molecule has 0 saturated carbocycles. The molecule has 0 aliphatic carbocycles. The molecule has 1 N–H and O–H groups in total. The normalized spacial score (nSPS) is 16.5. The highest BCUT2D eigenvalue weighted by Gasteiger charge is 2.47. The van der Waals surface area contributed by atoms with Gasteiger partial charge in [0.25, 0.3) is 0 Å². The summed E-state index contributed by atoms with van der Waals surface area (Å²) in [7, 11) is 0.492. The lowest BCUT2D eigenvalue weighted by Crippen LogP contribution is -2.52. The first kappa shape index (κ1) is 17.3. The maximum Gasteiger partial charge on any atom is 0.119 e. The van der Waals surface area contributed by atoms with Crippen LogP contribution in [0.25, 0.3) is 32.7 Å². The summed E-state index contributed by atoms with van der Waals surface area (Å²) in [6, 6.07) is 26.3. The van der Waals surface area contributed by atoms with Gasteiger partial charge >= 0.3 is 0 Å². The molecule has 2 heterocycles. The van der Waals surface area contributed by atoms with E-state index in [-0.39, 0.29) is 0 Å². The van der Waals surface area contributed by atoms with Gasteiger partial charge in [-0.3, -0.25) is 0 Å². The smallest absolute Gasteiger partial charge is 0.119 e. The van der Waals surface area contributed by atoms with Crippen molar-refractivity contribution < 1.29 is 0 Å². The maximum atomic E-state index is 3.55. The van der Waals surface area contributed by atoms with Gasteiger partial charge in [-0.1, -0.05) is 74.4 Å². The Morgan fingerprint density at radius 2 is 1.48 bits per heavy atom. The van der Waals surface area contributed by atoms with Crippen molar-refractivity contribution in [2.75, 3.05) is 12.4 Å². The predicted molar refractivity (Wildman–Crippen MR) is 130 cm³/mol. The van der Waals surface area contributed by atoms with Crippen molar-refractivity contribution in [3.8, 4) is 11.1 Å². The van der Waals surface area contributed by atoms with E-state index in [0.29, 0.717) is 0 Å². The molecule has 2 aliphatic heterocycles. The molecule has 0 bridgehead atoms. The molecule has 1 nitrogen and oxygen atoms in total. The molecule has 1 spiro atoms. The quantitative estimate of drug-likeness (QED) is 0.328. The van der Waals surface area contributed by atoms with Crippen LogP contribution in [0.1, 0.15) is 25.3 Å². The van der Waals surface area contributed by atoms with E-state index in [9.17, 15) is 0 Å². The highest BCUT2D eigenvalue weighted by molar-refractivity contribution is 7.06. The third-order valence-electron chi connectivity index (χ3n) is 7.58. The Hall–Kier alpha value is -2.58. The summed E-state index contributed by atoms with van der Waals surface area (Å²) in [5.41, 5.74) is 5.83. The van der Waals surface area contributed by atoms with Gasteiger partial charge in [0.05, 0.1) is 0 Å². The average molecular weight is 394 g/mol. The molecule has 144 valence electrons. The second-order valence-corrected chi connectivity index (χ2v) is 13.0. The van der Waals surface area contributed by atoms with Crippen LogP contribution < -0.4 is 15.7 Å². The topological polar surface area (TPSA) is 12.0 Å². The molecule has 0 aromatic heterocycles. The lowest BCUT2D eigenvalue weighted by Gasteiger charge is -2.25. The van der Waals surface area contributed by atoms with Crippen molar-refractivity contribution in [3.63, 3.8) is 0 Å². The zero-order valence-corrected chi connectivity index (χ0v) is 18.3. The molecular weight excluding hydrogens is 366 g/mol. The summed E-state index contributed by atoms with van der Waals surface area (Å²) in [6.07, 6.45) is 3.87. The van der Waals surface area contributed by atoms with E-state index in [1.807, 2.05) is 0 Å². The van der Waals surface area contributed by atoms with Gasteiger partial charge in [-0.2, -0.15) is 0 Å². The average Bonchev–Trinajstić information content (AvgIpc) is 3.36. The van der Waals surface area contributed by atoms with E-state index in [2.05, 4.69) is 80.0 Å². The fraction of sp³-hybridized carbons (Fsp3) is 0.259. The van der Waals surface area contributed by atoms with Crippen molar-refractivity contribution in [1.29, 1.82) is 0 Å². The van der Waals surface area contributed by atoms with Gasteiger partial charge in [0.1, 0.15) is 8.07 Å². The summed E-state index contributed by atoms with van der Waals surface area (Å²) in [6.45, 7) is 2.31. The molecule has 2 aliphatic rings. The van der Waals surface area contributed by atoms with E-state index >= 15 is 0 Å². The summed E-state index contributed by atoms with van der Waals surface area (Å²) < 4.78 is 0. The number of anilines is 1. The van der Waals surface area contributed by atoms with Gasteiger partial charge in [0.15, 0.2) is 0 Å². The van der Waals surface area contributed by atoms with Gasteiger partial charge < -0.3 is 5.32 Å². The summed E-state index contributed by atoms with van der Waals surface area (Å²) in [4.78, 5) is 0. The van der Waals surface area contributed by atoms with E-state index < -0.39 is 8.07 Å². The van der Waals surface area contributed by atoms with Gasteiger partial charge in [-0.15, -0.1) is 0 Å². The van der Waals surface area contributed by atoms with E-state index in [1.54, 1.807) is 10.4 Å². The first-order valence-electron chi connectivity index (χ1n) is 11.1. The second-order valence-electron chi connectivity index (χ2n) is 8.78. The summed E-state index contributed by atoms with van der Waals surface area (Å²) >= 11 is 0. The SMILES string of the molecule is CCc1c2ccccc2c(NC)c2cc3c(cc12)[Si]1(CCCC1)c1ccccc1-3. The first-order chi connectivity index (χ1) is 14.3. The Morgan fingerprint density at radius 3 is 2.24 bits per heavy atom. The maximum absolute atomic E-state index is 3.55. The van der Waals surface area contributed by atoms with Gasteiger partial charge in [0, 0.05) is 23.5 Å². The van der Waals surface area contributed by atoms with Gasteiger partial charge in [-0.25, -0.2) is 0 Å². The van der Waals surface area contributed by atoms with Crippen molar-refractivity contribution in [3.05, 3.63) is 66.2 Å². The lowest BCUT2D eigenvalue weighted by atomic mass is 9.91. The highest BCUT2D eigenvalue weighted by atomic mass is 28.3. The molecule has 1 saturated heterocycles. The molecule has 1 fully saturated rings. The zero-order valence-electron chi connectivity index (χ0n) is 17.3. The zero-order chi connectivity index (χ0) is 19.6. The lowest BCUT2D eigenvalue weighted by molar-refractivity contribution is 0.935. The van der Waals surface area contributed by atoms with Crippen LogP contribution in [0.4, 0.5) is 5.69 Å². The first-order valence-corrected chi connectivity index (χ1v) is 13.5. The molecule has 0 atom stereocenters. The number of fused-ring (bicyclic) bond motifs is 7. The molecule has 4 aromatic rings. The molecule has 2 heteroatoms. The largest absolute Gasteiger partial charge is 0.387 e. The number of aryl methyl sites for hydroxylation is 1. The second kappa shape index (κ2) is 6.21. The van der Waals surface area contributed by atoms with Crippen LogP contribution in [0.2, 0.25) is 12.1 Å². The molecule has 0 radical (unpaired) electrons. The van der Waals surface area contributed by atoms with Crippen molar-refractivity contribution in [1.82, 2.24) is 0 Å². The minimum atomic E-state index is -1.58. The van der Waals surface area contributed by atoms with Crippen molar-refractivity contribution in [2.24, 2.45) is 0 Å². The van der Waals surface area contributed by atoms with Crippen LogP contribution >= 0.6 is 0 Å². The van der Waals surface area contributed by atoms with Gasteiger partial charge in [0.2, 0.25) is 0 Å². The number of hydrogen-bond acceptors (Lipinski definition) is 1. The van der Waals surface area contributed by atoms with Crippen LogP contribution in [0.3, 0.4) is 0 Å². The minimum absolute atomic E-state index is 1.07. The van der Waals surface area contributed by atoms with Crippen LogP contribution in [0.15, 0.2) is 60.7 Å². The standard InChI is InChI=1S/C27H27NSi/c1-3-18-19-10-4-5-12-21(19)27(28-2)24-16-23-20-11-6-7-13-25(20)29(14-8-9-15-29)26(23)17-22(18)24/h4-7,10-13,16-17,28H,3,8-9,14-15H2,1-2H3. The fourth-order valence-electron chi connectivity index (χ4n) is 6.38. The molecule has 6 rings (SSSR count). The van der Waals surface area contributed by atoms with Crippen molar-refractivity contribution in [2.45, 2.75) is 38.3 Å². The Morgan fingerprint density at radius 1 is 0.759 bits per heavy atom. The monoisotopic (exact) mass is 393 g/mol.